The Bertz CT molecular complexity index is 648. The van der Waals surface area contributed by atoms with E-state index in [1.165, 1.54) is 32.1 Å². The van der Waals surface area contributed by atoms with Crippen molar-refractivity contribution in [2.45, 2.75) is 105 Å². The molecule has 0 aromatic rings. The first kappa shape index (κ1) is 23.6. The number of ether oxygens (including phenoxy) is 2. The van der Waals surface area contributed by atoms with Gasteiger partial charge in [-0.05, 0) is 108 Å². The lowest BCUT2D eigenvalue weighted by Gasteiger charge is -2.61. The second kappa shape index (κ2) is 8.47. The third-order valence-corrected chi connectivity index (χ3v) is 8.82. The van der Waals surface area contributed by atoms with E-state index in [9.17, 15) is 9.59 Å². The van der Waals surface area contributed by atoms with Crippen LogP contribution in [0.3, 0.4) is 0 Å². The van der Waals surface area contributed by atoms with Crippen LogP contribution in [0, 0.1) is 40.4 Å². The van der Waals surface area contributed by atoms with Crippen LogP contribution in [0.25, 0.3) is 0 Å². The molecule has 0 aliphatic heterocycles. The second-order valence-electron chi connectivity index (χ2n) is 12.3. The Balaban J connectivity index is 1.70. The molecule has 3 unspecified atom stereocenters. The van der Waals surface area contributed by atoms with Crippen LogP contribution in [0.4, 0.5) is 0 Å². The lowest BCUT2D eigenvalue weighted by atomic mass is 9.43. The minimum Gasteiger partial charge on any atom is -0.457 e. The van der Waals surface area contributed by atoms with E-state index in [4.69, 9.17) is 9.47 Å². The van der Waals surface area contributed by atoms with Crippen molar-refractivity contribution in [1.29, 1.82) is 0 Å². The Kier molecular flexibility index (Phi) is 6.66. The smallest absolute Gasteiger partial charge is 0.344 e. The third-order valence-electron chi connectivity index (χ3n) is 8.82. The van der Waals surface area contributed by atoms with Crippen LogP contribution in [-0.2, 0) is 19.1 Å². The highest BCUT2D eigenvalue weighted by molar-refractivity contribution is 5.80. The first-order valence-electron chi connectivity index (χ1n) is 12.3. The van der Waals surface area contributed by atoms with E-state index in [2.05, 4.69) is 27.7 Å². The van der Waals surface area contributed by atoms with E-state index >= 15 is 0 Å². The molecule has 0 N–H and O–H groups in total. The molecule has 0 radical (unpaired) electrons. The number of fused-ring (bicyclic) bond motifs is 3. The van der Waals surface area contributed by atoms with Crippen molar-refractivity contribution in [1.82, 2.24) is 0 Å². The third kappa shape index (κ3) is 4.58. The van der Waals surface area contributed by atoms with Crippen LogP contribution in [0.2, 0.25) is 0 Å². The lowest BCUT2D eigenvalue weighted by molar-refractivity contribution is -0.185. The van der Waals surface area contributed by atoms with Crippen LogP contribution in [-0.4, -0.2) is 24.1 Å². The minimum atomic E-state index is -0.565. The molecule has 4 nitrogen and oxygen atoms in total. The van der Waals surface area contributed by atoms with Gasteiger partial charge in [-0.2, -0.15) is 0 Å². The maximum Gasteiger partial charge on any atom is 0.344 e. The molecule has 6 atom stereocenters. The Hall–Kier alpha value is -1.06. The molecule has 4 heteroatoms. The van der Waals surface area contributed by atoms with E-state index < -0.39 is 17.0 Å². The Labute approximate surface area is 183 Å². The van der Waals surface area contributed by atoms with E-state index in [-0.39, 0.29) is 18.0 Å². The topological polar surface area (TPSA) is 52.6 Å². The van der Waals surface area contributed by atoms with E-state index in [0.717, 1.165) is 42.9 Å². The fraction of sp³-hybridized carbons (Fsp3) is 0.923. The van der Waals surface area contributed by atoms with E-state index in [1.807, 2.05) is 20.8 Å². The SMILES string of the molecule is CC(C)C1CC[C@H]2C(CCC3[C@](C)(C(=O)OCC(=O)OC(C)(C)C)CCC[C@@]32C)C1. The van der Waals surface area contributed by atoms with E-state index in [0.29, 0.717) is 5.92 Å². The molecule has 3 aliphatic rings. The average Bonchev–Trinajstić information content (AvgIpc) is 2.64. The summed E-state index contributed by atoms with van der Waals surface area (Å²) in [6, 6.07) is 0. The zero-order valence-corrected chi connectivity index (χ0v) is 20.4. The fourth-order valence-corrected chi connectivity index (χ4v) is 7.38. The van der Waals surface area contributed by atoms with Gasteiger partial charge in [-0.3, -0.25) is 4.79 Å². The van der Waals surface area contributed by atoms with Gasteiger partial charge in [0.15, 0.2) is 6.61 Å². The van der Waals surface area contributed by atoms with Crippen molar-refractivity contribution in [3.8, 4) is 0 Å². The van der Waals surface area contributed by atoms with Crippen LogP contribution in [0.1, 0.15) is 99.8 Å². The molecule has 0 amide bonds. The fourth-order valence-electron chi connectivity index (χ4n) is 7.38. The number of carbonyl (C=O) groups excluding carboxylic acids is 2. The average molecular weight is 421 g/mol. The van der Waals surface area contributed by atoms with Crippen LogP contribution >= 0.6 is 0 Å². The molecule has 0 bridgehead atoms. The van der Waals surface area contributed by atoms with Gasteiger partial charge in [-0.25, -0.2) is 4.79 Å². The highest BCUT2D eigenvalue weighted by Crippen LogP contribution is 2.64. The maximum absolute atomic E-state index is 13.3. The lowest BCUT2D eigenvalue weighted by Crippen LogP contribution is -2.56. The van der Waals surface area contributed by atoms with Gasteiger partial charge in [0.2, 0.25) is 0 Å². The van der Waals surface area contributed by atoms with Crippen LogP contribution in [0.5, 0.6) is 0 Å². The summed E-state index contributed by atoms with van der Waals surface area (Å²) >= 11 is 0. The quantitative estimate of drug-likeness (QED) is 0.511. The second-order valence-corrected chi connectivity index (χ2v) is 12.3. The monoisotopic (exact) mass is 420 g/mol. The number of esters is 2. The first-order chi connectivity index (χ1) is 13.9. The summed E-state index contributed by atoms with van der Waals surface area (Å²) in [7, 11) is 0. The minimum absolute atomic E-state index is 0.196. The van der Waals surface area contributed by atoms with Crippen molar-refractivity contribution < 1.29 is 19.1 Å². The maximum atomic E-state index is 13.3. The van der Waals surface area contributed by atoms with E-state index in [1.54, 1.807) is 0 Å². The predicted octanol–water partition coefficient (Wildman–Crippen LogP) is 6.17. The molecule has 0 heterocycles. The zero-order chi connectivity index (χ0) is 22.3. The van der Waals surface area contributed by atoms with Crippen molar-refractivity contribution in [3.05, 3.63) is 0 Å². The number of carbonyl (C=O) groups is 2. The molecule has 3 rings (SSSR count). The summed E-state index contributed by atoms with van der Waals surface area (Å²) in [5.74, 6) is 2.86. The van der Waals surface area contributed by atoms with Crippen molar-refractivity contribution >= 4 is 11.9 Å². The standard InChI is InChI=1S/C26H44O4/c1-17(2)18-9-11-20-19(15-18)10-12-21-25(20,6)13-8-14-26(21,7)23(28)29-16-22(27)30-24(3,4)5/h17-21H,8-16H2,1-7H3/t18?,19?,20-,21?,25+,26+/m0/s1. The molecule has 3 saturated carbocycles. The predicted molar refractivity (Wildman–Crippen MR) is 119 cm³/mol. The molecule has 0 aromatic carbocycles. The normalized spacial score (nSPS) is 39.1. The molecule has 3 aliphatic carbocycles. The van der Waals surface area contributed by atoms with Crippen molar-refractivity contribution in [2.24, 2.45) is 40.4 Å². The van der Waals surface area contributed by atoms with Gasteiger partial charge in [-0.15, -0.1) is 0 Å². The van der Waals surface area contributed by atoms with Gasteiger partial charge in [0.05, 0.1) is 5.41 Å². The molecule has 0 spiro atoms. The summed E-state index contributed by atoms with van der Waals surface area (Å²) in [6.07, 6.45) is 9.52. The summed E-state index contributed by atoms with van der Waals surface area (Å²) < 4.78 is 10.9. The summed E-state index contributed by atoms with van der Waals surface area (Å²) in [5.41, 5.74) is -0.846. The number of rotatable bonds is 4. The van der Waals surface area contributed by atoms with Gasteiger partial charge < -0.3 is 9.47 Å². The molecule has 3 fully saturated rings. The molecular formula is C26H44O4. The van der Waals surface area contributed by atoms with Crippen molar-refractivity contribution in [3.63, 3.8) is 0 Å². The number of hydrogen-bond acceptors (Lipinski definition) is 4. The van der Waals surface area contributed by atoms with Gasteiger partial charge >= 0.3 is 11.9 Å². The summed E-state index contributed by atoms with van der Waals surface area (Å²) in [5, 5.41) is 0. The summed E-state index contributed by atoms with van der Waals surface area (Å²) in [6.45, 7) is 14.5. The van der Waals surface area contributed by atoms with Crippen LogP contribution < -0.4 is 0 Å². The van der Waals surface area contributed by atoms with Gasteiger partial charge in [0, 0.05) is 0 Å². The van der Waals surface area contributed by atoms with Crippen LogP contribution in [0.15, 0.2) is 0 Å². The van der Waals surface area contributed by atoms with Gasteiger partial charge in [0.1, 0.15) is 5.60 Å². The largest absolute Gasteiger partial charge is 0.457 e. The molecule has 172 valence electrons. The zero-order valence-electron chi connectivity index (χ0n) is 20.4. The first-order valence-corrected chi connectivity index (χ1v) is 12.3. The van der Waals surface area contributed by atoms with Gasteiger partial charge in [0.25, 0.3) is 0 Å². The summed E-state index contributed by atoms with van der Waals surface area (Å²) in [4.78, 5) is 25.3. The highest BCUT2D eigenvalue weighted by Gasteiger charge is 2.59. The molecule has 0 saturated heterocycles. The highest BCUT2D eigenvalue weighted by atomic mass is 16.6. The van der Waals surface area contributed by atoms with Gasteiger partial charge in [-0.1, -0.05) is 27.2 Å². The van der Waals surface area contributed by atoms with Crippen molar-refractivity contribution in [2.75, 3.05) is 6.61 Å². The Morgan fingerprint density at radius 3 is 2.37 bits per heavy atom. The molecule has 30 heavy (non-hydrogen) atoms. The number of hydrogen-bond donors (Lipinski definition) is 0. The Morgan fingerprint density at radius 1 is 1.03 bits per heavy atom. The Morgan fingerprint density at radius 2 is 1.73 bits per heavy atom. The molecule has 0 aromatic heterocycles. The molecular weight excluding hydrogens is 376 g/mol.